The maximum atomic E-state index is 12.0. The number of aliphatic hydroxyl groups is 1. The van der Waals surface area contributed by atoms with E-state index < -0.39 is 0 Å². The molecule has 0 radical (unpaired) electrons. The van der Waals surface area contributed by atoms with Crippen LogP contribution in [0.4, 0.5) is 0 Å². The molecule has 2 N–H and O–H groups in total. The van der Waals surface area contributed by atoms with Crippen LogP contribution in [0.15, 0.2) is 0 Å². The minimum atomic E-state index is -0.364. The molecule has 0 aliphatic carbocycles. The molecule has 1 saturated heterocycles. The van der Waals surface area contributed by atoms with Crippen molar-refractivity contribution >= 4 is 5.91 Å². The van der Waals surface area contributed by atoms with Gasteiger partial charge in [-0.2, -0.15) is 0 Å². The molecule has 4 nitrogen and oxygen atoms in total. The lowest BCUT2D eigenvalue weighted by Crippen LogP contribution is -2.44. The summed E-state index contributed by atoms with van der Waals surface area (Å²) < 4.78 is 0. The van der Waals surface area contributed by atoms with Gasteiger partial charge in [0.1, 0.15) is 0 Å². The molecule has 0 aromatic carbocycles. The van der Waals surface area contributed by atoms with Crippen molar-refractivity contribution in [2.45, 2.75) is 39.3 Å². The number of β-amino-alcohol motifs (C(OH)–C–C–N with tert-alkyl or cyclic N) is 1. The average molecular weight is 214 g/mol. The van der Waals surface area contributed by atoms with Gasteiger partial charge in [0.05, 0.1) is 12.1 Å². The zero-order valence-electron chi connectivity index (χ0n) is 9.86. The number of rotatable bonds is 4. The predicted molar refractivity (Wildman–Crippen MR) is 59.5 cm³/mol. The molecule has 1 rings (SSSR count). The van der Waals surface area contributed by atoms with Crippen LogP contribution in [0.1, 0.15) is 27.2 Å². The van der Waals surface area contributed by atoms with Gasteiger partial charge < -0.3 is 15.3 Å². The highest BCUT2D eigenvalue weighted by Gasteiger charge is 2.30. The Kier molecular flexibility index (Phi) is 4.54. The highest BCUT2D eigenvalue weighted by atomic mass is 16.3. The van der Waals surface area contributed by atoms with E-state index in [1.54, 1.807) is 0 Å². The lowest BCUT2D eigenvalue weighted by atomic mass is 10.1. The predicted octanol–water partition coefficient (Wildman–Crippen LogP) is 0.214. The minimum absolute atomic E-state index is 0.128. The third kappa shape index (κ3) is 3.47. The highest BCUT2D eigenvalue weighted by molar-refractivity contribution is 5.82. The second-order valence-electron chi connectivity index (χ2n) is 4.62. The maximum absolute atomic E-state index is 12.0. The molecule has 0 aromatic heterocycles. The topological polar surface area (TPSA) is 52.6 Å². The standard InChI is InChI=1S/C11H22N2O2/c1-4-13(7-8(2)3)11(15)10-5-9(14)6-12-10/h8-10,12,14H,4-7H2,1-3H3/t9-,10+/m0/s1. The lowest BCUT2D eigenvalue weighted by Gasteiger charge is -2.25. The van der Waals surface area contributed by atoms with Crippen LogP contribution in [0.3, 0.4) is 0 Å². The van der Waals surface area contributed by atoms with Crippen LogP contribution in [0, 0.1) is 5.92 Å². The fourth-order valence-electron chi connectivity index (χ4n) is 1.94. The zero-order valence-corrected chi connectivity index (χ0v) is 9.86. The Morgan fingerprint density at radius 1 is 1.60 bits per heavy atom. The number of likely N-dealkylation sites (N-methyl/N-ethyl adjacent to an activating group) is 1. The van der Waals surface area contributed by atoms with E-state index in [4.69, 9.17) is 0 Å². The normalized spacial score (nSPS) is 25.9. The van der Waals surface area contributed by atoms with E-state index in [0.717, 1.165) is 13.1 Å². The first-order chi connectivity index (χ1) is 7.04. The number of hydrogen-bond acceptors (Lipinski definition) is 3. The van der Waals surface area contributed by atoms with Crippen LogP contribution in [0.5, 0.6) is 0 Å². The summed E-state index contributed by atoms with van der Waals surface area (Å²) in [7, 11) is 0. The van der Waals surface area contributed by atoms with Gasteiger partial charge in [-0.05, 0) is 19.3 Å². The molecule has 0 aromatic rings. The van der Waals surface area contributed by atoms with Crippen molar-refractivity contribution in [3.63, 3.8) is 0 Å². The SMILES string of the molecule is CCN(CC(C)C)C(=O)[C@H]1C[C@H](O)CN1. The van der Waals surface area contributed by atoms with E-state index in [1.807, 2.05) is 11.8 Å². The first-order valence-corrected chi connectivity index (χ1v) is 5.74. The molecule has 15 heavy (non-hydrogen) atoms. The first kappa shape index (κ1) is 12.5. The largest absolute Gasteiger partial charge is 0.392 e. The number of nitrogens with one attached hydrogen (secondary N) is 1. The number of hydrogen-bond donors (Lipinski definition) is 2. The fraction of sp³-hybridized carbons (Fsp3) is 0.909. The van der Waals surface area contributed by atoms with Crippen molar-refractivity contribution in [2.75, 3.05) is 19.6 Å². The second-order valence-corrected chi connectivity index (χ2v) is 4.62. The first-order valence-electron chi connectivity index (χ1n) is 5.74. The molecule has 0 bridgehead atoms. The van der Waals surface area contributed by atoms with Gasteiger partial charge in [-0.1, -0.05) is 13.8 Å². The molecule has 0 unspecified atom stereocenters. The Hall–Kier alpha value is -0.610. The van der Waals surface area contributed by atoms with Crippen molar-refractivity contribution in [3.8, 4) is 0 Å². The van der Waals surface area contributed by atoms with E-state index >= 15 is 0 Å². The van der Waals surface area contributed by atoms with Crippen LogP contribution >= 0.6 is 0 Å². The molecular weight excluding hydrogens is 192 g/mol. The summed E-state index contributed by atoms with van der Waals surface area (Å²) in [5.41, 5.74) is 0. The zero-order chi connectivity index (χ0) is 11.4. The van der Waals surface area contributed by atoms with Crippen molar-refractivity contribution in [3.05, 3.63) is 0 Å². The van der Waals surface area contributed by atoms with E-state index in [-0.39, 0.29) is 18.1 Å². The molecule has 88 valence electrons. The average Bonchev–Trinajstić information content (AvgIpc) is 2.60. The van der Waals surface area contributed by atoms with Crippen molar-refractivity contribution < 1.29 is 9.90 Å². The summed E-state index contributed by atoms with van der Waals surface area (Å²) in [6, 6.07) is -0.182. The molecule has 0 spiro atoms. The molecule has 1 amide bonds. The third-order valence-electron chi connectivity index (χ3n) is 2.68. The molecule has 1 heterocycles. The number of amides is 1. The van der Waals surface area contributed by atoms with Gasteiger partial charge in [0.2, 0.25) is 5.91 Å². The molecule has 1 aliphatic rings. The number of carbonyl (C=O) groups is 1. The van der Waals surface area contributed by atoms with Crippen molar-refractivity contribution in [2.24, 2.45) is 5.92 Å². The summed E-state index contributed by atoms with van der Waals surface area (Å²) in [5.74, 6) is 0.614. The van der Waals surface area contributed by atoms with Crippen LogP contribution in [-0.4, -0.2) is 47.7 Å². The van der Waals surface area contributed by atoms with Gasteiger partial charge in [0.15, 0.2) is 0 Å². The monoisotopic (exact) mass is 214 g/mol. The smallest absolute Gasteiger partial charge is 0.239 e. The van der Waals surface area contributed by atoms with Gasteiger partial charge in [-0.3, -0.25) is 4.79 Å². The van der Waals surface area contributed by atoms with Gasteiger partial charge in [-0.25, -0.2) is 0 Å². The number of carbonyl (C=O) groups excluding carboxylic acids is 1. The Balaban J connectivity index is 2.49. The number of aliphatic hydroxyl groups excluding tert-OH is 1. The maximum Gasteiger partial charge on any atom is 0.239 e. The molecular formula is C11H22N2O2. The second kappa shape index (κ2) is 5.47. The molecule has 2 atom stereocenters. The van der Waals surface area contributed by atoms with Gasteiger partial charge >= 0.3 is 0 Å². The lowest BCUT2D eigenvalue weighted by molar-refractivity contribution is -0.133. The van der Waals surface area contributed by atoms with E-state index in [1.165, 1.54) is 0 Å². The Morgan fingerprint density at radius 3 is 2.67 bits per heavy atom. The molecule has 0 saturated carbocycles. The van der Waals surface area contributed by atoms with Gasteiger partial charge in [0.25, 0.3) is 0 Å². The summed E-state index contributed by atoms with van der Waals surface area (Å²) >= 11 is 0. The quantitative estimate of drug-likeness (QED) is 0.703. The summed E-state index contributed by atoms with van der Waals surface area (Å²) in [6.45, 7) is 8.27. The minimum Gasteiger partial charge on any atom is -0.392 e. The van der Waals surface area contributed by atoms with E-state index in [9.17, 15) is 9.90 Å². The Labute approximate surface area is 91.6 Å². The van der Waals surface area contributed by atoms with Gasteiger partial charge in [-0.15, -0.1) is 0 Å². The molecule has 1 aliphatic heterocycles. The van der Waals surface area contributed by atoms with Gasteiger partial charge in [0, 0.05) is 19.6 Å². The number of nitrogens with zero attached hydrogens (tertiary/aromatic N) is 1. The van der Waals surface area contributed by atoms with Crippen LogP contribution in [0.2, 0.25) is 0 Å². The summed E-state index contributed by atoms with van der Waals surface area (Å²) in [6.07, 6.45) is 0.185. The van der Waals surface area contributed by atoms with E-state index in [0.29, 0.717) is 18.9 Å². The van der Waals surface area contributed by atoms with Crippen molar-refractivity contribution in [1.29, 1.82) is 0 Å². The van der Waals surface area contributed by atoms with Crippen LogP contribution < -0.4 is 5.32 Å². The Morgan fingerprint density at radius 2 is 2.27 bits per heavy atom. The Bertz CT molecular complexity index is 219. The summed E-state index contributed by atoms with van der Waals surface area (Å²) in [4.78, 5) is 13.9. The summed E-state index contributed by atoms with van der Waals surface area (Å²) in [5, 5.41) is 12.4. The molecule has 4 heteroatoms. The van der Waals surface area contributed by atoms with Crippen LogP contribution in [0.25, 0.3) is 0 Å². The highest BCUT2D eigenvalue weighted by Crippen LogP contribution is 2.10. The van der Waals surface area contributed by atoms with Crippen LogP contribution in [-0.2, 0) is 4.79 Å². The molecule has 1 fully saturated rings. The van der Waals surface area contributed by atoms with E-state index in [2.05, 4.69) is 19.2 Å². The third-order valence-corrected chi connectivity index (χ3v) is 2.68. The fourth-order valence-corrected chi connectivity index (χ4v) is 1.94. The van der Waals surface area contributed by atoms with Crippen molar-refractivity contribution in [1.82, 2.24) is 10.2 Å².